The van der Waals surface area contributed by atoms with Gasteiger partial charge >= 0.3 is 0 Å². The Morgan fingerprint density at radius 2 is 2.54 bits per heavy atom. The van der Waals surface area contributed by atoms with Crippen molar-refractivity contribution >= 4 is 22.9 Å². The normalized spacial score (nSPS) is 10.6. The van der Waals surface area contributed by atoms with Crippen molar-refractivity contribution in [3.8, 4) is 0 Å². The maximum atomic E-state index is 5.70. The first kappa shape index (κ1) is 10.9. The zero-order valence-electron chi connectivity index (χ0n) is 7.62. The predicted molar refractivity (Wildman–Crippen MR) is 54.1 cm³/mol. The summed E-state index contributed by atoms with van der Waals surface area (Å²) in [6, 6.07) is 0. The van der Waals surface area contributed by atoms with Gasteiger partial charge in [-0.05, 0) is 0 Å². The fourth-order valence-corrected chi connectivity index (χ4v) is 1.97. The van der Waals surface area contributed by atoms with Crippen molar-refractivity contribution in [1.82, 2.24) is 4.98 Å². The Labute approximate surface area is 87.1 Å². The molecule has 0 amide bonds. The Bertz CT molecular complexity index is 242. The number of thiazole rings is 1. The van der Waals surface area contributed by atoms with Gasteiger partial charge in [0.25, 0.3) is 0 Å². The number of methoxy groups -OCH3 is 1. The molecule has 0 saturated carbocycles. The summed E-state index contributed by atoms with van der Waals surface area (Å²) in [6.45, 7) is 2.89. The molecule has 0 atom stereocenters. The molecule has 74 valence electrons. The van der Waals surface area contributed by atoms with Gasteiger partial charge in [-0.1, -0.05) is 11.6 Å². The lowest BCUT2D eigenvalue weighted by Crippen LogP contribution is -2.82. The first-order chi connectivity index (χ1) is 6.33. The van der Waals surface area contributed by atoms with E-state index in [1.54, 1.807) is 18.4 Å². The molecule has 1 rings (SSSR count). The van der Waals surface area contributed by atoms with Gasteiger partial charge in [0.05, 0.1) is 18.0 Å². The molecule has 1 aromatic heterocycles. The van der Waals surface area contributed by atoms with Gasteiger partial charge < -0.3 is 10.1 Å². The summed E-state index contributed by atoms with van der Waals surface area (Å²) in [6.07, 6.45) is 2.92. The Kier molecular flexibility index (Phi) is 5.31. The third-order valence-electron chi connectivity index (χ3n) is 1.63. The minimum atomic E-state index is 0.625. The second-order valence-electron chi connectivity index (χ2n) is 2.71. The van der Waals surface area contributed by atoms with E-state index in [1.807, 2.05) is 6.20 Å². The fraction of sp³-hybridized carbons (Fsp3) is 0.625. The Balaban J connectivity index is 2.06. The largest absolute Gasteiger partial charge is 0.384 e. The summed E-state index contributed by atoms with van der Waals surface area (Å²) in [5.41, 5.74) is 0. The highest BCUT2D eigenvalue weighted by Gasteiger charge is 2.00. The molecule has 3 nitrogen and oxygen atoms in total. The van der Waals surface area contributed by atoms with Crippen molar-refractivity contribution < 1.29 is 10.1 Å². The lowest BCUT2D eigenvalue weighted by atomic mass is 10.4. The number of hydrogen-bond donors (Lipinski definition) is 1. The second-order valence-corrected chi connectivity index (χ2v) is 4.40. The van der Waals surface area contributed by atoms with E-state index in [2.05, 4.69) is 10.3 Å². The summed E-state index contributed by atoms with van der Waals surface area (Å²) in [7, 11) is 1.73. The molecule has 5 heteroatoms. The number of nitrogens with zero attached hydrogens (tertiary/aromatic N) is 1. The quantitative estimate of drug-likeness (QED) is 0.725. The topological polar surface area (TPSA) is 38.7 Å². The molecule has 0 spiro atoms. The van der Waals surface area contributed by atoms with Crippen LogP contribution in [0.1, 0.15) is 11.3 Å². The van der Waals surface area contributed by atoms with Crippen molar-refractivity contribution in [3.05, 3.63) is 15.5 Å². The summed E-state index contributed by atoms with van der Waals surface area (Å²) < 4.78 is 5.57. The zero-order valence-corrected chi connectivity index (χ0v) is 9.20. The standard InChI is InChI=1S/C8H13ClN2OS/c1-12-4-2-3-10-5-7-6-11-8(9)13-7/h6,10H,2-5H2,1H3/p+1. The third-order valence-corrected chi connectivity index (χ3v) is 2.76. The minimum absolute atomic E-state index is 0.625. The molecule has 0 aliphatic rings. The predicted octanol–water partition coefficient (Wildman–Crippen LogP) is 0.896. The van der Waals surface area contributed by atoms with Crippen LogP contribution in [0.5, 0.6) is 0 Å². The van der Waals surface area contributed by atoms with E-state index in [-0.39, 0.29) is 0 Å². The van der Waals surface area contributed by atoms with Crippen LogP contribution < -0.4 is 5.32 Å². The highest BCUT2D eigenvalue weighted by molar-refractivity contribution is 7.15. The van der Waals surface area contributed by atoms with Crippen LogP contribution in [0, 0.1) is 0 Å². The molecule has 0 unspecified atom stereocenters. The number of ether oxygens (including phenoxy) is 1. The Morgan fingerprint density at radius 3 is 3.15 bits per heavy atom. The number of quaternary nitrogens is 1. The van der Waals surface area contributed by atoms with E-state index in [4.69, 9.17) is 16.3 Å². The van der Waals surface area contributed by atoms with Gasteiger partial charge in [-0.15, -0.1) is 11.3 Å². The number of aromatic nitrogens is 1. The van der Waals surface area contributed by atoms with E-state index in [9.17, 15) is 0 Å². The van der Waals surface area contributed by atoms with Crippen molar-refractivity contribution in [2.24, 2.45) is 0 Å². The van der Waals surface area contributed by atoms with Crippen molar-refractivity contribution in [3.63, 3.8) is 0 Å². The maximum absolute atomic E-state index is 5.70. The van der Waals surface area contributed by atoms with E-state index < -0.39 is 0 Å². The molecule has 2 N–H and O–H groups in total. The smallest absolute Gasteiger partial charge is 0.183 e. The summed E-state index contributed by atoms with van der Waals surface area (Å²) in [5.74, 6) is 0. The first-order valence-electron chi connectivity index (χ1n) is 4.23. The van der Waals surface area contributed by atoms with Gasteiger partial charge in [0.15, 0.2) is 4.47 Å². The highest BCUT2D eigenvalue weighted by Crippen LogP contribution is 2.16. The lowest BCUT2D eigenvalue weighted by molar-refractivity contribution is -0.670. The molecule has 13 heavy (non-hydrogen) atoms. The van der Waals surface area contributed by atoms with Crippen LogP contribution in [0.4, 0.5) is 0 Å². The van der Waals surface area contributed by atoms with Crippen LogP contribution >= 0.6 is 22.9 Å². The molecular weight excluding hydrogens is 208 g/mol. The molecular formula is C8H14ClN2OS+. The molecule has 1 aromatic rings. The molecule has 0 saturated heterocycles. The van der Waals surface area contributed by atoms with Gasteiger partial charge in [0.2, 0.25) is 0 Å². The monoisotopic (exact) mass is 221 g/mol. The Hall–Kier alpha value is -0.160. The molecule has 0 aliphatic carbocycles. The first-order valence-corrected chi connectivity index (χ1v) is 5.43. The molecule has 0 fully saturated rings. The average molecular weight is 222 g/mol. The van der Waals surface area contributed by atoms with Gasteiger partial charge in [-0.3, -0.25) is 0 Å². The maximum Gasteiger partial charge on any atom is 0.183 e. The van der Waals surface area contributed by atoms with Gasteiger partial charge in [-0.25, -0.2) is 4.98 Å². The van der Waals surface area contributed by atoms with Crippen molar-refractivity contribution in [2.75, 3.05) is 20.3 Å². The minimum Gasteiger partial charge on any atom is -0.384 e. The molecule has 0 radical (unpaired) electrons. The SMILES string of the molecule is COCCC[NH2+]Cc1cnc(Cl)s1. The van der Waals surface area contributed by atoms with Crippen LogP contribution in [0.3, 0.4) is 0 Å². The molecule has 0 bridgehead atoms. The fourth-order valence-electron chi connectivity index (χ4n) is 0.994. The van der Waals surface area contributed by atoms with E-state index in [0.717, 1.165) is 26.1 Å². The van der Waals surface area contributed by atoms with E-state index in [1.165, 1.54) is 4.88 Å². The molecule has 1 heterocycles. The van der Waals surface area contributed by atoms with Gasteiger partial charge in [0, 0.05) is 19.7 Å². The van der Waals surface area contributed by atoms with Crippen LogP contribution in [0.25, 0.3) is 0 Å². The summed E-state index contributed by atoms with van der Waals surface area (Å²) in [4.78, 5) is 5.20. The van der Waals surface area contributed by atoms with Gasteiger partial charge in [0.1, 0.15) is 6.54 Å². The van der Waals surface area contributed by atoms with Crippen LogP contribution in [-0.2, 0) is 11.3 Å². The number of rotatable bonds is 6. The number of hydrogen-bond acceptors (Lipinski definition) is 3. The number of nitrogens with two attached hydrogens (primary N) is 1. The highest BCUT2D eigenvalue weighted by atomic mass is 35.5. The van der Waals surface area contributed by atoms with Crippen molar-refractivity contribution in [2.45, 2.75) is 13.0 Å². The number of halogens is 1. The second kappa shape index (κ2) is 6.32. The third kappa shape index (κ3) is 4.57. The average Bonchev–Trinajstić information content (AvgIpc) is 2.51. The van der Waals surface area contributed by atoms with Gasteiger partial charge in [-0.2, -0.15) is 0 Å². The van der Waals surface area contributed by atoms with Crippen LogP contribution in [-0.4, -0.2) is 25.2 Å². The van der Waals surface area contributed by atoms with Crippen molar-refractivity contribution in [1.29, 1.82) is 0 Å². The summed E-state index contributed by atoms with van der Waals surface area (Å²) in [5, 5.41) is 2.24. The zero-order chi connectivity index (χ0) is 9.52. The lowest BCUT2D eigenvalue weighted by Gasteiger charge is -1.98. The van der Waals surface area contributed by atoms with Crippen LogP contribution in [0.2, 0.25) is 4.47 Å². The summed E-state index contributed by atoms with van der Waals surface area (Å²) >= 11 is 7.24. The molecule has 0 aliphatic heterocycles. The molecule has 0 aromatic carbocycles. The Morgan fingerprint density at radius 1 is 1.69 bits per heavy atom. The van der Waals surface area contributed by atoms with E-state index in [0.29, 0.717) is 4.47 Å². The van der Waals surface area contributed by atoms with E-state index >= 15 is 0 Å². The van der Waals surface area contributed by atoms with Crippen LogP contribution in [0.15, 0.2) is 6.20 Å².